The van der Waals surface area contributed by atoms with E-state index in [1.165, 1.54) is 12.1 Å². The Morgan fingerprint density at radius 3 is 2.62 bits per heavy atom. The Morgan fingerprint density at radius 1 is 1.29 bits per heavy atom. The van der Waals surface area contributed by atoms with Crippen molar-refractivity contribution in [2.45, 2.75) is 18.4 Å². The van der Waals surface area contributed by atoms with E-state index < -0.39 is 15.8 Å². The number of sulfonamides is 1. The lowest BCUT2D eigenvalue weighted by Gasteiger charge is -2.13. The average molecular weight is 330 g/mol. The molecular formula is C14H13ClFNO3S. The van der Waals surface area contributed by atoms with E-state index in [2.05, 4.69) is 4.72 Å². The number of anilines is 1. The Labute approximate surface area is 127 Å². The fourth-order valence-electron chi connectivity index (χ4n) is 1.89. The number of rotatable bonds is 4. The largest absolute Gasteiger partial charge is 0.392 e. The molecule has 21 heavy (non-hydrogen) atoms. The number of hydrogen-bond acceptors (Lipinski definition) is 3. The Morgan fingerprint density at radius 2 is 2.00 bits per heavy atom. The summed E-state index contributed by atoms with van der Waals surface area (Å²) in [4.78, 5) is 0.0365. The van der Waals surface area contributed by atoms with E-state index in [1.54, 1.807) is 19.1 Å². The first-order valence-electron chi connectivity index (χ1n) is 6.02. The van der Waals surface area contributed by atoms with Crippen LogP contribution in [0.2, 0.25) is 5.02 Å². The van der Waals surface area contributed by atoms with Gasteiger partial charge in [-0.05, 0) is 42.3 Å². The van der Waals surface area contributed by atoms with Crippen molar-refractivity contribution < 1.29 is 17.9 Å². The van der Waals surface area contributed by atoms with Crippen molar-refractivity contribution in [2.75, 3.05) is 4.72 Å². The maximum absolute atomic E-state index is 13.0. The van der Waals surface area contributed by atoms with E-state index in [9.17, 15) is 17.9 Å². The maximum atomic E-state index is 13.0. The third-order valence-corrected chi connectivity index (χ3v) is 4.85. The summed E-state index contributed by atoms with van der Waals surface area (Å²) in [6.45, 7) is 1.35. The van der Waals surface area contributed by atoms with Gasteiger partial charge in [-0.15, -0.1) is 0 Å². The zero-order valence-corrected chi connectivity index (χ0v) is 12.7. The minimum atomic E-state index is -3.88. The van der Waals surface area contributed by atoms with E-state index in [0.717, 1.165) is 12.1 Å². The van der Waals surface area contributed by atoms with Gasteiger partial charge in [0.1, 0.15) is 5.82 Å². The van der Waals surface area contributed by atoms with Crippen molar-refractivity contribution in [1.82, 2.24) is 0 Å². The summed E-state index contributed by atoms with van der Waals surface area (Å²) in [7, 11) is -3.88. The summed E-state index contributed by atoms with van der Waals surface area (Å²) in [5.74, 6) is -0.554. The second-order valence-electron chi connectivity index (χ2n) is 4.43. The molecule has 7 heteroatoms. The first-order chi connectivity index (χ1) is 9.85. The lowest BCUT2D eigenvalue weighted by molar-refractivity contribution is 0.280. The van der Waals surface area contributed by atoms with Crippen LogP contribution in [-0.4, -0.2) is 13.5 Å². The number of benzene rings is 2. The van der Waals surface area contributed by atoms with Crippen molar-refractivity contribution in [3.63, 3.8) is 0 Å². The van der Waals surface area contributed by atoms with Crippen LogP contribution >= 0.6 is 11.6 Å². The number of halogens is 2. The number of nitrogens with one attached hydrogen (secondary N) is 1. The molecule has 0 unspecified atom stereocenters. The van der Waals surface area contributed by atoms with E-state index in [1.807, 2.05) is 0 Å². The van der Waals surface area contributed by atoms with Crippen molar-refractivity contribution in [1.29, 1.82) is 0 Å². The predicted octanol–water partition coefficient (Wildman–Crippen LogP) is 3.08. The molecule has 0 aliphatic carbocycles. The molecule has 0 spiro atoms. The predicted molar refractivity (Wildman–Crippen MR) is 79.3 cm³/mol. The van der Waals surface area contributed by atoms with Gasteiger partial charge < -0.3 is 5.11 Å². The summed E-state index contributed by atoms with van der Waals surface area (Å²) < 4.78 is 40.1. The molecule has 0 aliphatic heterocycles. The highest BCUT2D eigenvalue weighted by atomic mass is 35.5. The van der Waals surface area contributed by atoms with E-state index in [0.29, 0.717) is 11.1 Å². The third kappa shape index (κ3) is 3.34. The summed E-state index contributed by atoms with van der Waals surface area (Å²) in [6.07, 6.45) is 0. The Kier molecular flexibility index (Phi) is 4.51. The van der Waals surface area contributed by atoms with Crippen LogP contribution < -0.4 is 4.72 Å². The van der Waals surface area contributed by atoms with Crippen molar-refractivity contribution in [3.8, 4) is 0 Å². The van der Waals surface area contributed by atoms with Gasteiger partial charge in [0, 0.05) is 0 Å². The number of aliphatic hydroxyl groups excluding tert-OH is 1. The highest BCUT2D eigenvalue weighted by Crippen LogP contribution is 2.27. The van der Waals surface area contributed by atoms with Crippen LogP contribution in [0.5, 0.6) is 0 Å². The third-order valence-electron chi connectivity index (χ3n) is 3.03. The molecule has 0 saturated heterocycles. The molecule has 0 atom stereocenters. The fourth-order valence-corrected chi connectivity index (χ4v) is 3.53. The molecule has 0 saturated carbocycles. The Bertz CT molecular complexity index is 778. The monoisotopic (exact) mass is 329 g/mol. The SMILES string of the molecule is Cc1c(CO)cccc1S(=O)(=O)Nc1ccc(F)cc1Cl. The highest BCUT2D eigenvalue weighted by Gasteiger charge is 2.19. The topological polar surface area (TPSA) is 66.4 Å². The average Bonchev–Trinajstić information content (AvgIpc) is 2.42. The molecule has 112 valence electrons. The van der Waals surface area contributed by atoms with Crippen molar-refractivity contribution >= 4 is 27.3 Å². The molecular weight excluding hydrogens is 317 g/mol. The van der Waals surface area contributed by atoms with E-state index in [4.69, 9.17) is 11.6 Å². The quantitative estimate of drug-likeness (QED) is 0.906. The molecule has 2 rings (SSSR count). The normalized spacial score (nSPS) is 11.4. The molecule has 0 fully saturated rings. The van der Waals surface area contributed by atoms with Gasteiger partial charge >= 0.3 is 0 Å². The minimum Gasteiger partial charge on any atom is -0.392 e. The molecule has 2 N–H and O–H groups in total. The van der Waals surface area contributed by atoms with Crippen LogP contribution in [0.3, 0.4) is 0 Å². The van der Waals surface area contributed by atoms with Gasteiger partial charge in [-0.25, -0.2) is 12.8 Å². The van der Waals surface area contributed by atoms with Crippen LogP contribution in [0, 0.1) is 12.7 Å². The molecule has 2 aromatic rings. The van der Waals surface area contributed by atoms with Crippen LogP contribution in [0.15, 0.2) is 41.3 Å². The molecule has 0 heterocycles. The van der Waals surface area contributed by atoms with Gasteiger partial charge in [-0.1, -0.05) is 23.7 Å². The van der Waals surface area contributed by atoms with Crippen molar-refractivity contribution in [3.05, 3.63) is 58.4 Å². The van der Waals surface area contributed by atoms with Gasteiger partial charge in [0.25, 0.3) is 10.0 Å². The zero-order chi connectivity index (χ0) is 15.6. The Hall–Kier alpha value is -1.63. The van der Waals surface area contributed by atoms with Crippen LogP contribution in [-0.2, 0) is 16.6 Å². The van der Waals surface area contributed by atoms with Gasteiger partial charge in [0.05, 0.1) is 22.2 Å². The molecule has 0 amide bonds. The number of aliphatic hydroxyl groups is 1. The zero-order valence-electron chi connectivity index (χ0n) is 11.1. The molecule has 4 nitrogen and oxygen atoms in total. The maximum Gasteiger partial charge on any atom is 0.262 e. The lowest BCUT2D eigenvalue weighted by Crippen LogP contribution is -2.15. The lowest BCUT2D eigenvalue weighted by atomic mass is 10.1. The summed E-state index contributed by atoms with van der Waals surface area (Å²) >= 11 is 5.81. The molecule has 0 bridgehead atoms. The molecule has 0 aromatic heterocycles. The second-order valence-corrected chi connectivity index (χ2v) is 6.49. The van der Waals surface area contributed by atoms with Gasteiger partial charge in [0.2, 0.25) is 0 Å². The summed E-state index contributed by atoms with van der Waals surface area (Å²) in [6, 6.07) is 7.99. The summed E-state index contributed by atoms with van der Waals surface area (Å²) in [5.41, 5.74) is 1.06. The van der Waals surface area contributed by atoms with E-state index >= 15 is 0 Å². The smallest absolute Gasteiger partial charge is 0.262 e. The first kappa shape index (κ1) is 15.8. The highest BCUT2D eigenvalue weighted by molar-refractivity contribution is 7.92. The van der Waals surface area contributed by atoms with Crippen LogP contribution in [0.25, 0.3) is 0 Å². The van der Waals surface area contributed by atoms with Crippen LogP contribution in [0.4, 0.5) is 10.1 Å². The second kappa shape index (κ2) is 6.01. The van der Waals surface area contributed by atoms with Gasteiger partial charge in [-0.2, -0.15) is 0 Å². The first-order valence-corrected chi connectivity index (χ1v) is 7.88. The Balaban J connectivity index is 2.43. The van der Waals surface area contributed by atoms with Crippen molar-refractivity contribution in [2.24, 2.45) is 0 Å². The molecule has 2 aromatic carbocycles. The molecule has 0 aliphatic rings. The van der Waals surface area contributed by atoms with Gasteiger partial charge in [0.15, 0.2) is 0 Å². The van der Waals surface area contributed by atoms with Crippen LogP contribution in [0.1, 0.15) is 11.1 Å². The van der Waals surface area contributed by atoms with Gasteiger partial charge in [-0.3, -0.25) is 4.72 Å². The fraction of sp³-hybridized carbons (Fsp3) is 0.143. The molecule has 0 radical (unpaired) electrons. The standard InChI is InChI=1S/C14H13ClFNO3S/c1-9-10(8-18)3-2-4-14(9)21(19,20)17-13-6-5-11(16)7-12(13)15/h2-7,17-18H,8H2,1H3. The minimum absolute atomic E-state index is 0.0328. The number of hydrogen-bond donors (Lipinski definition) is 2. The van der Waals surface area contributed by atoms with E-state index in [-0.39, 0.29) is 22.2 Å². The summed E-state index contributed by atoms with van der Waals surface area (Å²) in [5, 5.41) is 9.16.